The number of nitrogens with one attached hydrogen (secondary N) is 1. The van der Waals surface area contributed by atoms with E-state index in [1.807, 2.05) is 0 Å². The fraction of sp³-hybridized carbons (Fsp3) is 0.500. The third kappa shape index (κ3) is 4.80. The van der Waals surface area contributed by atoms with Crippen LogP contribution in [0.3, 0.4) is 0 Å². The maximum absolute atomic E-state index is 12.1. The molecule has 1 amide bonds. The zero-order valence-electron chi connectivity index (χ0n) is 17.4. The van der Waals surface area contributed by atoms with Gasteiger partial charge in [0.05, 0.1) is 12.4 Å². The van der Waals surface area contributed by atoms with Crippen LogP contribution in [0.25, 0.3) is 0 Å². The summed E-state index contributed by atoms with van der Waals surface area (Å²) < 4.78 is 0. The van der Waals surface area contributed by atoms with Crippen LogP contribution in [0, 0.1) is 19.8 Å². The molecule has 0 aliphatic carbocycles. The second-order valence-corrected chi connectivity index (χ2v) is 7.89. The summed E-state index contributed by atoms with van der Waals surface area (Å²) in [4.78, 5) is 25.6. The van der Waals surface area contributed by atoms with E-state index in [2.05, 4.69) is 71.0 Å². The predicted molar refractivity (Wildman–Crippen MR) is 114 cm³/mol. The van der Waals surface area contributed by atoms with Gasteiger partial charge in [-0.3, -0.25) is 4.79 Å². The van der Waals surface area contributed by atoms with Crippen LogP contribution in [0.15, 0.2) is 30.6 Å². The Hall–Kier alpha value is -2.63. The highest BCUT2D eigenvalue weighted by molar-refractivity contribution is 5.91. The molecule has 1 aliphatic rings. The van der Waals surface area contributed by atoms with Crippen LogP contribution in [0.1, 0.15) is 41.9 Å². The number of aromatic nitrogens is 2. The molecule has 0 bridgehead atoms. The highest BCUT2D eigenvalue weighted by Crippen LogP contribution is 2.24. The molecule has 3 rings (SSSR count). The molecule has 1 aromatic heterocycles. The van der Waals surface area contributed by atoms with Crippen molar-refractivity contribution in [3.63, 3.8) is 0 Å². The summed E-state index contributed by atoms with van der Waals surface area (Å²) in [6.07, 6.45) is 4.25. The summed E-state index contributed by atoms with van der Waals surface area (Å²) >= 11 is 0. The smallest absolute Gasteiger partial charge is 0.271 e. The first kappa shape index (κ1) is 20.1. The van der Waals surface area contributed by atoms with Crippen molar-refractivity contribution < 1.29 is 4.79 Å². The van der Waals surface area contributed by atoms with Gasteiger partial charge in [-0.1, -0.05) is 26.0 Å². The molecule has 28 heavy (non-hydrogen) atoms. The van der Waals surface area contributed by atoms with Gasteiger partial charge in [-0.25, -0.2) is 9.97 Å². The molecule has 1 N–H and O–H groups in total. The van der Waals surface area contributed by atoms with Gasteiger partial charge in [0, 0.05) is 38.4 Å². The lowest BCUT2D eigenvalue weighted by Gasteiger charge is -2.37. The van der Waals surface area contributed by atoms with Crippen LogP contribution in [0.4, 0.5) is 11.5 Å². The number of hydrogen-bond donors (Lipinski definition) is 1. The predicted octanol–water partition coefficient (Wildman–Crippen LogP) is 3.20. The van der Waals surface area contributed by atoms with Gasteiger partial charge in [0.2, 0.25) is 0 Å². The van der Waals surface area contributed by atoms with Crippen molar-refractivity contribution in [1.29, 1.82) is 0 Å². The SMILES string of the molecule is Cc1cccc(N2CCN(c3cnc(C(=O)NCCC(C)C)cn3)CC2)c1C. The Kier molecular flexibility index (Phi) is 6.49. The lowest BCUT2D eigenvalue weighted by molar-refractivity contribution is 0.0946. The van der Waals surface area contributed by atoms with Crippen molar-refractivity contribution >= 4 is 17.4 Å². The van der Waals surface area contributed by atoms with E-state index < -0.39 is 0 Å². The van der Waals surface area contributed by atoms with Crippen LogP contribution >= 0.6 is 0 Å². The molecular formula is C22H31N5O. The molecule has 6 nitrogen and oxygen atoms in total. The first-order chi connectivity index (χ1) is 13.5. The van der Waals surface area contributed by atoms with Crippen LogP contribution < -0.4 is 15.1 Å². The third-order valence-corrected chi connectivity index (χ3v) is 5.40. The highest BCUT2D eigenvalue weighted by Gasteiger charge is 2.20. The number of amides is 1. The first-order valence-electron chi connectivity index (χ1n) is 10.1. The molecule has 2 aromatic rings. The van der Waals surface area contributed by atoms with Gasteiger partial charge in [-0.15, -0.1) is 0 Å². The molecule has 6 heteroatoms. The summed E-state index contributed by atoms with van der Waals surface area (Å²) in [5.41, 5.74) is 4.37. The van der Waals surface area contributed by atoms with Crippen molar-refractivity contribution in [2.24, 2.45) is 5.92 Å². The minimum absolute atomic E-state index is 0.153. The van der Waals surface area contributed by atoms with E-state index in [4.69, 9.17) is 0 Å². The number of benzene rings is 1. The van der Waals surface area contributed by atoms with Crippen molar-refractivity contribution in [3.8, 4) is 0 Å². The van der Waals surface area contributed by atoms with Gasteiger partial charge in [0.15, 0.2) is 0 Å². The molecule has 0 saturated carbocycles. The summed E-state index contributed by atoms with van der Waals surface area (Å²) in [5, 5.41) is 2.90. The van der Waals surface area contributed by atoms with Crippen molar-refractivity contribution in [2.75, 3.05) is 42.5 Å². The normalized spacial score (nSPS) is 14.5. The van der Waals surface area contributed by atoms with Gasteiger partial charge >= 0.3 is 0 Å². The molecular weight excluding hydrogens is 350 g/mol. The monoisotopic (exact) mass is 381 g/mol. The van der Waals surface area contributed by atoms with Gasteiger partial charge in [0.1, 0.15) is 11.5 Å². The van der Waals surface area contributed by atoms with Crippen molar-refractivity contribution in [3.05, 3.63) is 47.4 Å². The van der Waals surface area contributed by atoms with Crippen molar-refractivity contribution in [2.45, 2.75) is 34.1 Å². The van der Waals surface area contributed by atoms with E-state index in [1.54, 1.807) is 12.4 Å². The van der Waals surface area contributed by atoms with E-state index in [1.165, 1.54) is 16.8 Å². The second-order valence-electron chi connectivity index (χ2n) is 7.89. The average Bonchev–Trinajstić information content (AvgIpc) is 2.70. The van der Waals surface area contributed by atoms with E-state index >= 15 is 0 Å². The quantitative estimate of drug-likeness (QED) is 0.833. The number of carbonyl (C=O) groups excluding carboxylic acids is 1. The zero-order valence-corrected chi connectivity index (χ0v) is 17.4. The molecule has 0 spiro atoms. The number of piperazine rings is 1. The number of anilines is 2. The molecule has 0 atom stereocenters. The zero-order chi connectivity index (χ0) is 20.1. The number of aryl methyl sites for hydroxylation is 1. The Labute approximate surface area is 168 Å². The van der Waals surface area contributed by atoms with Gasteiger partial charge in [-0.2, -0.15) is 0 Å². The minimum atomic E-state index is -0.153. The van der Waals surface area contributed by atoms with Crippen LogP contribution in [-0.2, 0) is 0 Å². The third-order valence-electron chi connectivity index (χ3n) is 5.40. The highest BCUT2D eigenvalue weighted by atomic mass is 16.1. The molecule has 1 aromatic carbocycles. The Balaban J connectivity index is 1.56. The van der Waals surface area contributed by atoms with E-state index in [-0.39, 0.29) is 5.91 Å². The lowest BCUT2D eigenvalue weighted by atomic mass is 10.1. The van der Waals surface area contributed by atoms with Gasteiger partial charge in [-0.05, 0) is 43.4 Å². The maximum atomic E-state index is 12.1. The summed E-state index contributed by atoms with van der Waals surface area (Å²) in [5.74, 6) is 1.25. The van der Waals surface area contributed by atoms with Crippen molar-refractivity contribution in [1.82, 2.24) is 15.3 Å². The van der Waals surface area contributed by atoms with Crippen LogP contribution in [0.5, 0.6) is 0 Å². The summed E-state index contributed by atoms with van der Waals surface area (Å²) in [7, 11) is 0. The summed E-state index contributed by atoms with van der Waals surface area (Å²) in [6, 6.07) is 6.48. The standard InChI is InChI=1S/C22H31N5O/c1-16(2)8-9-23-22(28)19-14-25-21(15-24-19)27-12-10-26(11-13-27)20-7-5-6-17(3)18(20)4/h5-7,14-16H,8-13H2,1-4H3,(H,23,28). The number of carbonyl (C=O) groups is 1. The Bertz CT molecular complexity index is 795. The minimum Gasteiger partial charge on any atom is -0.368 e. The average molecular weight is 382 g/mol. The van der Waals surface area contributed by atoms with Crippen LogP contribution in [-0.4, -0.2) is 48.6 Å². The molecule has 1 fully saturated rings. The second kappa shape index (κ2) is 9.04. The summed E-state index contributed by atoms with van der Waals surface area (Å²) in [6.45, 7) is 13.0. The Morgan fingerprint density at radius 2 is 1.79 bits per heavy atom. The number of nitrogens with zero attached hydrogens (tertiary/aromatic N) is 4. The van der Waals surface area contributed by atoms with E-state index in [0.717, 1.165) is 38.4 Å². The number of rotatable bonds is 6. The topological polar surface area (TPSA) is 61.4 Å². The Morgan fingerprint density at radius 1 is 1.07 bits per heavy atom. The largest absolute Gasteiger partial charge is 0.368 e. The van der Waals surface area contributed by atoms with E-state index in [0.29, 0.717) is 18.2 Å². The van der Waals surface area contributed by atoms with Gasteiger partial charge < -0.3 is 15.1 Å². The van der Waals surface area contributed by atoms with Crippen LogP contribution in [0.2, 0.25) is 0 Å². The fourth-order valence-electron chi connectivity index (χ4n) is 3.42. The lowest BCUT2D eigenvalue weighted by Crippen LogP contribution is -2.47. The Morgan fingerprint density at radius 3 is 2.43 bits per heavy atom. The molecule has 2 heterocycles. The number of hydrogen-bond acceptors (Lipinski definition) is 5. The first-order valence-corrected chi connectivity index (χ1v) is 10.1. The molecule has 1 aliphatic heterocycles. The van der Waals surface area contributed by atoms with Gasteiger partial charge in [0.25, 0.3) is 5.91 Å². The maximum Gasteiger partial charge on any atom is 0.271 e. The molecule has 0 unspecified atom stereocenters. The molecule has 150 valence electrons. The molecule has 0 radical (unpaired) electrons. The van der Waals surface area contributed by atoms with E-state index in [9.17, 15) is 4.79 Å². The molecule has 1 saturated heterocycles. The fourth-order valence-corrected chi connectivity index (χ4v) is 3.42.